The molecule has 136 valence electrons. The lowest BCUT2D eigenvalue weighted by Crippen LogP contribution is -3.00. The Bertz CT molecular complexity index is 972. The first-order chi connectivity index (χ1) is 12.2. The lowest BCUT2D eigenvalue weighted by molar-refractivity contribution is -0.340. The molecular formula is C19H19IN2O3S. The molecule has 0 fully saturated rings. The Morgan fingerprint density at radius 1 is 0.962 bits per heavy atom. The molecule has 1 heterocycles. The Hall–Kier alpha value is -2.00. The van der Waals surface area contributed by atoms with Gasteiger partial charge in [0.2, 0.25) is 5.75 Å². The van der Waals surface area contributed by atoms with Gasteiger partial charge in [0.1, 0.15) is 5.69 Å². The molecule has 0 bridgehead atoms. The second-order valence-corrected chi connectivity index (χ2v) is 6.96. The molecule has 0 radical (unpaired) electrons. The highest BCUT2D eigenvalue weighted by molar-refractivity contribution is 7.15. The van der Waals surface area contributed by atoms with E-state index in [1.54, 1.807) is 32.7 Å². The largest absolute Gasteiger partial charge is 1.00 e. The zero-order valence-electron chi connectivity index (χ0n) is 14.7. The zero-order chi connectivity index (χ0) is 17.6. The van der Waals surface area contributed by atoms with Crippen LogP contribution in [0.5, 0.6) is 17.2 Å². The number of H-pyrrole nitrogens is 1. The number of benzene rings is 2. The number of rotatable bonds is 4. The van der Waals surface area contributed by atoms with Gasteiger partial charge in [0.05, 0.1) is 26.2 Å². The first-order valence-corrected chi connectivity index (χ1v) is 8.71. The minimum atomic E-state index is 0. The molecule has 0 atom stereocenters. The molecule has 0 unspecified atom stereocenters. The van der Waals surface area contributed by atoms with Gasteiger partial charge in [-0.05, 0) is 35.4 Å². The van der Waals surface area contributed by atoms with Crippen LogP contribution in [0.2, 0.25) is 0 Å². The Balaban J connectivity index is 0.00000196. The van der Waals surface area contributed by atoms with Gasteiger partial charge in [-0.15, -0.1) is 0 Å². The van der Waals surface area contributed by atoms with Crippen LogP contribution in [0.1, 0.15) is 10.4 Å². The Morgan fingerprint density at radius 2 is 1.69 bits per heavy atom. The van der Waals surface area contributed by atoms with Crippen LogP contribution in [-0.2, 0) is 6.42 Å². The number of thiazole rings is 1. The van der Waals surface area contributed by atoms with Gasteiger partial charge >= 0.3 is 5.13 Å². The molecule has 7 heteroatoms. The van der Waals surface area contributed by atoms with Gasteiger partial charge in [-0.2, -0.15) is 0 Å². The quantitative estimate of drug-likeness (QED) is 0.428. The summed E-state index contributed by atoms with van der Waals surface area (Å²) in [5, 5.41) is 0.751. The third kappa shape index (κ3) is 2.88. The van der Waals surface area contributed by atoms with Crippen molar-refractivity contribution in [3.05, 3.63) is 40.8 Å². The summed E-state index contributed by atoms with van der Waals surface area (Å²) >= 11 is 1.61. The molecule has 1 aromatic heterocycles. The molecule has 0 saturated heterocycles. The van der Waals surface area contributed by atoms with E-state index in [0.29, 0.717) is 17.2 Å². The molecule has 26 heavy (non-hydrogen) atoms. The molecule has 0 spiro atoms. The minimum absolute atomic E-state index is 0. The number of ether oxygens (including phenoxy) is 3. The van der Waals surface area contributed by atoms with Gasteiger partial charge in [-0.25, -0.2) is 4.98 Å². The molecular weight excluding hydrogens is 463 g/mol. The van der Waals surface area contributed by atoms with Crippen LogP contribution < -0.4 is 48.9 Å². The summed E-state index contributed by atoms with van der Waals surface area (Å²) in [4.78, 5) is 4.54. The second-order valence-electron chi connectivity index (χ2n) is 5.82. The van der Waals surface area contributed by atoms with E-state index in [9.17, 15) is 0 Å². The van der Waals surface area contributed by atoms with Crippen molar-refractivity contribution in [2.24, 2.45) is 0 Å². The molecule has 2 aromatic carbocycles. The van der Waals surface area contributed by atoms with Crippen molar-refractivity contribution in [3.63, 3.8) is 0 Å². The number of nitrogens with one attached hydrogen (secondary N) is 1. The summed E-state index contributed by atoms with van der Waals surface area (Å²) in [6, 6.07) is 10.3. The second kappa shape index (κ2) is 7.32. The van der Waals surface area contributed by atoms with Crippen LogP contribution in [-0.4, -0.2) is 21.3 Å². The lowest BCUT2D eigenvalue weighted by Gasteiger charge is -2.16. The van der Waals surface area contributed by atoms with Crippen LogP contribution in [0.3, 0.4) is 0 Å². The molecule has 3 aromatic rings. The Labute approximate surface area is 173 Å². The third-order valence-corrected chi connectivity index (χ3v) is 5.42. The molecule has 1 aliphatic rings. The van der Waals surface area contributed by atoms with Gasteiger partial charge in [0.15, 0.2) is 11.5 Å². The number of halogens is 1. The number of hydrogen-bond donors (Lipinski definition) is 1. The predicted molar refractivity (Wildman–Crippen MR) is 98.6 cm³/mol. The summed E-state index contributed by atoms with van der Waals surface area (Å²) in [6.45, 7) is 0. The van der Waals surface area contributed by atoms with E-state index in [0.717, 1.165) is 28.4 Å². The summed E-state index contributed by atoms with van der Waals surface area (Å²) in [6.07, 6.45) is 0.895. The molecule has 4 rings (SSSR count). The highest BCUT2D eigenvalue weighted by atomic mass is 127. The number of aromatic nitrogens is 1. The van der Waals surface area contributed by atoms with E-state index < -0.39 is 0 Å². The smallest absolute Gasteiger partial charge is 0.330 e. The van der Waals surface area contributed by atoms with Crippen LogP contribution in [0, 0.1) is 0 Å². The molecule has 0 saturated carbocycles. The number of anilines is 1. The SMILES string of the molecule is COc1ccc(-c2ccc3c(c2)Cc2sc(N)[nH+]c2-3)c(OC)c1OC.[I-]. The maximum absolute atomic E-state index is 5.88. The van der Waals surface area contributed by atoms with Crippen LogP contribution >= 0.6 is 11.3 Å². The van der Waals surface area contributed by atoms with Gasteiger partial charge in [-0.1, -0.05) is 17.4 Å². The van der Waals surface area contributed by atoms with Gasteiger partial charge in [0, 0.05) is 17.5 Å². The highest BCUT2D eigenvalue weighted by Crippen LogP contribution is 2.46. The van der Waals surface area contributed by atoms with Crippen LogP contribution in [0.25, 0.3) is 22.4 Å². The van der Waals surface area contributed by atoms with Crippen molar-refractivity contribution in [1.82, 2.24) is 0 Å². The third-order valence-electron chi connectivity index (χ3n) is 4.50. The summed E-state index contributed by atoms with van der Waals surface area (Å²) < 4.78 is 16.5. The maximum Gasteiger partial charge on any atom is 0.330 e. The zero-order valence-corrected chi connectivity index (χ0v) is 17.7. The first kappa shape index (κ1) is 18.8. The number of fused-ring (bicyclic) bond motifs is 3. The number of methoxy groups -OCH3 is 3. The van der Waals surface area contributed by atoms with E-state index in [-0.39, 0.29) is 24.0 Å². The van der Waals surface area contributed by atoms with Crippen molar-refractivity contribution in [1.29, 1.82) is 0 Å². The number of nitrogen functional groups attached to an aromatic ring is 1. The predicted octanol–water partition coefficient (Wildman–Crippen LogP) is 0.412. The molecule has 3 N–H and O–H groups in total. The average Bonchev–Trinajstić information content (AvgIpc) is 3.15. The highest BCUT2D eigenvalue weighted by Gasteiger charge is 2.26. The number of aromatic amines is 1. The summed E-state index contributed by atoms with van der Waals surface area (Å²) in [7, 11) is 4.88. The van der Waals surface area contributed by atoms with Crippen molar-refractivity contribution >= 4 is 16.5 Å². The topological polar surface area (TPSA) is 67.9 Å². The standard InChI is InChI=1S/C19H18N2O3S.HI/c1-22-14-7-6-13(17(23-2)18(14)24-3)10-4-5-12-11(8-10)9-15-16(12)21-19(20)25-15;/h4-8H,9H2,1-3H3,(H2,20,21);1H. The van der Waals surface area contributed by atoms with E-state index >= 15 is 0 Å². The lowest BCUT2D eigenvalue weighted by atomic mass is 9.98. The first-order valence-electron chi connectivity index (χ1n) is 7.89. The van der Waals surface area contributed by atoms with Gasteiger partial charge in [0.25, 0.3) is 0 Å². The fraction of sp³-hybridized carbons (Fsp3) is 0.211. The number of nitrogens with two attached hydrogens (primary N) is 1. The normalized spacial score (nSPS) is 11.3. The molecule has 1 aliphatic carbocycles. The maximum atomic E-state index is 5.88. The van der Waals surface area contributed by atoms with Gasteiger partial charge < -0.3 is 38.2 Å². The van der Waals surface area contributed by atoms with Crippen LogP contribution in [0.15, 0.2) is 30.3 Å². The van der Waals surface area contributed by atoms with Crippen molar-refractivity contribution in [3.8, 4) is 39.6 Å². The fourth-order valence-electron chi connectivity index (χ4n) is 3.40. The molecule has 5 nitrogen and oxygen atoms in total. The monoisotopic (exact) mass is 482 g/mol. The van der Waals surface area contributed by atoms with E-state index in [2.05, 4.69) is 23.2 Å². The fourth-order valence-corrected chi connectivity index (χ4v) is 4.31. The Morgan fingerprint density at radius 3 is 2.38 bits per heavy atom. The number of hydrogen-bond acceptors (Lipinski definition) is 5. The van der Waals surface area contributed by atoms with E-state index in [1.165, 1.54) is 16.0 Å². The molecule has 0 aliphatic heterocycles. The van der Waals surface area contributed by atoms with Crippen molar-refractivity contribution in [2.75, 3.05) is 27.1 Å². The van der Waals surface area contributed by atoms with Crippen LogP contribution in [0.4, 0.5) is 5.13 Å². The van der Waals surface area contributed by atoms with Gasteiger partial charge in [-0.3, -0.25) is 5.73 Å². The van der Waals surface area contributed by atoms with Crippen molar-refractivity contribution < 1.29 is 43.2 Å². The molecule has 0 amide bonds. The van der Waals surface area contributed by atoms with E-state index in [4.69, 9.17) is 19.9 Å². The minimum Gasteiger partial charge on any atom is -1.00 e. The Kier molecular flexibility index (Phi) is 5.29. The average molecular weight is 482 g/mol. The summed E-state index contributed by atoms with van der Waals surface area (Å²) in [5.41, 5.74) is 11.6. The summed E-state index contributed by atoms with van der Waals surface area (Å²) in [5.74, 6) is 1.92. The van der Waals surface area contributed by atoms with E-state index in [1.807, 2.05) is 12.1 Å². The van der Waals surface area contributed by atoms with Crippen molar-refractivity contribution in [2.45, 2.75) is 6.42 Å².